The second kappa shape index (κ2) is 8.55. The van der Waals surface area contributed by atoms with Crippen LogP contribution in [0, 0.1) is 12.7 Å². The molecule has 2 aromatic carbocycles. The van der Waals surface area contributed by atoms with Crippen LogP contribution in [0.5, 0.6) is 5.88 Å². The summed E-state index contributed by atoms with van der Waals surface area (Å²) in [5, 5.41) is 16.2. The van der Waals surface area contributed by atoms with Crippen molar-refractivity contribution in [2.75, 3.05) is 7.11 Å². The zero-order valence-electron chi connectivity index (χ0n) is 15.9. The number of carbonyl (C=O) groups excluding carboxylic acids is 1. The molecule has 0 fully saturated rings. The fourth-order valence-corrected chi connectivity index (χ4v) is 3.04. The quantitative estimate of drug-likeness (QED) is 0.638. The van der Waals surface area contributed by atoms with Gasteiger partial charge < -0.3 is 15.2 Å². The highest BCUT2D eigenvalue weighted by Crippen LogP contribution is 2.23. The third-order valence-electron chi connectivity index (χ3n) is 4.42. The molecule has 3 aromatic rings. The molecule has 2 N–H and O–H groups in total. The van der Waals surface area contributed by atoms with Crippen molar-refractivity contribution in [2.45, 2.75) is 19.4 Å². The number of benzene rings is 2. The van der Waals surface area contributed by atoms with Crippen molar-refractivity contribution in [1.82, 2.24) is 15.1 Å². The van der Waals surface area contributed by atoms with Crippen molar-refractivity contribution in [3.05, 3.63) is 77.2 Å². The van der Waals surface area contributed by atoms with E-state index < -0.39 is 23.7 Å². The van der Waals surface area contributed by atoms with Crippen molar-refractivity contribution in [3.63, 3.8) is 0 Å². The van der Waals surface area contributed by atoms with E-state index in [0.29, 0.717) is 11.3 Å². The van der Waals surface area contributed by atoms with Crippen LogP contribution in [0.15, 0.2) is 54.6 Å². The molecule has 1 aromatic heterocycles. The number of carbonyl (C=O) groups is 2. The van der Waals surface area contributed by atoms with Gasteiger partial charge in [0.15, 0.2) is 5.69 Å². The van der Waals surface area contributed by atoms with Crippen LogP contribution < -0.4 is 10.1 Å². The molecule has 0 bridgehead atoms. The summed E-state index contributed by atoms with van der Waals surface area (Å²) in [4.78, 5) is 24.1. The molecule has 1 amide bonds. The number of aliphatic carboxylic acids is 1. The number of rotatable bonds is 7. The van der Waals surface area contributed by atoms with Crippen molar-refractivity contribution >= 4 is 11.9 Å². The highest BCUT2D eigenvalue weighted by molar-refractivity contribution is 5.93. The van der Waals surface area contributed by atoms with Crippen LogP contribution in [-0.4, -0.2) is 33.9 Å². The Balaban J connectivity index is 1.91. The Morgan fingerprint density at radius 3 is 2.62 bits per heavy atom. The molecule has 0 aliphatic carbocycles. The van der Waals surface area contributed by atoms with Crippen molar-refractivity contribution in [1.29, 1.82) is 0 Å². The number of methoxy groups -OCH3 is 1. The molecule has 7 nitrogen and oxygen atoms in total. The van der Waals surface area contributed by atoms with E-state index in [1.165, 1.54) is 36.1 Å². The summed E-state index contributed by atoms with van der Waals surface area (Å²) < 4.78 is 20.1. The van der Waals surface area contributed by atoms with Crippen LogP contribution in [0.4, 0.5) is 4.39 Å². The number of halogens is 1. The molecule has 29 heavy (non-hydrogen) atoms. The third-order valence-corrected chi connectivity index (χ3v) is 4.42. The Labute approximate surface area is 166 Å². The number of carboxylic acids is 1. The minimum atomic E-state index is -1.04. The molecule has 0 spiro atoms. The molecule has 0 saturated heterocycles. The van der Waals surface area contributed by atoms with Crippen LogP contribution in [0.3, 0.4) is 0 Å². The number of carboxylic acid groups (broad SMARTS) is 1. The standard InChI is InChI=1S/C21H20FN3O4/c1-13-6-3-4-9-16(13)17(12-20(26)27)23-21(28)18-11-19(29-2)25(24-18)15-8-5-7-14(22)10-15/h3-11,17H,12H2,1-2H3,(H,23,28)(H,26,27)/t17-/m0/s1. The number of aromatic nitrogens is 2. The van der Waals surface area contributed by atoms with Gasteiger partial charge in [0.25, 0.3) is 5.91 Å². The van der Waals surface area contributed by atoms with Gasteiger partial charge in [-0.1, -0.05) is 30.3 Å². The Bertz CT molecular complexity index is 1050. The highest BCUT2D eigenvalue weighted by Gasteiger charge is 2.23. The van der Waals surface area contributed by atoms with Gasteiger partial charge >= 0.3 is 5.97 Å². The SMILES string of the molecule is COc1cc(C(=O)N[C@@H](CC(=O)O)c2ccccc2C)nn1-c1cccc(F)c1. The smallest absolute Gasteiger partial charge is 0.305 e. The summed E-state index contributed by atoms with van der Waals surface area (Å²) in [6, 6.07) is 13.6. The lowest BCUT2D eigenvalue weighted by Crippen LogP contribution is -2.31. The summed E-state index contributed by atoms with van der Waals surface area (Å²) in [5.41, 5.74) is 1.98. The number of aryl methyl sites for hydroxylation is 1. The summed E-state index contributed by atoms with van der Waals surface area (Å²) >= 11 is 0. The fourth-order valence-electron chi connectivity index (χ4n) is 3.04. The summed E-state index contributed by atoms with van der Waals surface area (Å²) in [6.07, 6.45) is -0.279. The van der Waals surface area contributed by atoms with Crippen LogP contribution in [-0.2, 0) is 4.79 Å². The molecule has 3 rings (SSSR count). The van der Waals surface area contributed by atoms with Gasteiger partial charge in [-0.25, -0.2) is 9.07 Å². The third kappa shape index (κ3) is 4.60. The number of amides is 1. The topological polar surface area (TPSA) is 93.4 Å². The average Bonchev–Trinajstić information content (AvgIpc) is 3.12. The van der Waals surface area contributed by atoms with Gasteiger partial charge in [-0.2, -0.15) is 5.10 Å². The number of nitrogens with zero attached hydrogens (tertiary/aromatic N) is 2. The van der Waals surface area contributed by atoms with Crippen LogP contribution >= 0.6 is 0 Å². The molecule has 0 saturated carbocycles. The first-order valence-electron chi connectivity index (χ1n) is 8.87. The average molecular weight is 397 g/mol. The molecule has 0 unspecified atom stereocenters. The Kier molecular flexibility index (Phi) is 5.92. The van der Waals surface area contributed by atoms with Gasteiger partial charge in [0.2, 0.25) is 5.88 Å². The van der Waals surface area contributed by atoms with E-state index in [1.54, 1.807) is 18.2 Å². The van der Waals surface area contributed by atoms with E-state index in [2.05, 4.69) is 10.4 Å². The predicted octanol–water partition coefficient (Wildman–Crippen LogP) is 3.27. The second-order valence-electron chi connectivity index (χ2n) is 6.44. The van der Waals surface area contributed by atoms with E-state index in [1.807, 2.05) is 19.1 Å². The van der Waals surface area contributed by atoms with Gasteiger partial charge in [-0.15, -0.1) is 0 Å². The molecule has 8 heteroatoms. The van der Waals surface area contributed by atoms with E-state index >= 15 is 0 Å². The van der Waals surface area contributed by atoms with E-state index in [9.17, 15) is 19.1 Å². The van der Waals surface area contributed by atoms with Gasteiger partial charge in [-0.05, 0) is 36.2 Å². The summed E-state index contributed by atoms with van der Waals surface area (Å²) in [5.74, 6) is -1.81. The second-order valence-corrected chi connectivity index (χ2v) is 6.44. The maximum absolute atomic E-state index is 13.6. The molecule has 1 atom stereocenters. The Hall–Kier alpha value is -3.68. The van der Waals surface area contributed by atoms with E-state index in [-0.39, 0.29) is 18.0 Å². The monoisotopic (exact) mass is 397 g/mol. The number of ether oxygens (including phenoxy) is 1. The first-order valence-corrected chi connectivity index (χ1v) is 8.87. The fraction of sp³-hybridized carbons (Fsp3) is 0.190. The van der Waals surface area contributed by atoms with Crippen LogP contribution in [0.25, 0.3) is 5.69 Å². The number of hydrogen-bond donors (Lipinski definition) is 2. The number of nitrogens with one attached hydrogen (secondary N) is 1. The Morgan fingerprint density at radius 1 is 1.21 bits per heavy atom. The lowest BCUT2D eigenvalue weighted by Gasteiger charge is -2.18. The normalized spacial score (nSPS) is 11.7. The first kappa shape index (κ1) is 20.1. The van der Waals surface area contributed by atoms with Crippen molar-refractivity contribution in [3.8, 4) is 11.6 Å². The lowest BCUT2D eigenvalue weighted by atomic mass is 9.98. The largest absolute Gasteiger partial charge is 0.481 e. The van der Waals surface area contributed by atoms with Gasteiger partial charge in [0.05, 0.1) is 25.3 Å². The zero-order valence-corrected chi connectivity index (χ0v) is 15.9. The van der Waals surface area contributed by atoms with Gasteiger partial charge in [-0.3, -0.25) is 9.59 Å². The van der Waals surface area contributed by atoms with Crippen LogP contribution in [0.1, 0.15) is 34.1 Å². The molecule has 1 heterocycles. The van der Waals surface area contributed by atoms with Gasteiger partial charge in [0, 0.05) is 6.07 Å². The molecule has 0 aliphatic rings. The summed E-state index contributed by atoms with van der Waals surface area (Å²) in [6.45, 7) is 1.85. The van der Waals surface area contributed by atoms with Crippen molar-refractivity contribution < 1.29 is 23.8 Å². The minimum Gasteiger partial charge on any atom is -0.481 e. The minimum absolute atomic E-state index is 0.0232. The molecule has 0 radical (unpaired) electrons. The molecule has 0 aliphatic heterocycles. The first-order chi connectivity index (χ1) is 13.9. The lowest BCUT2D eigenvalue weighted by molar-refractivity contribution is -0.137. The van der Waals surface area contributed by atoms with Crippen molar-refractivity contribution in [2.24, 2.45) is 0 Å². The summed E-state index contributed by atoms with van der Waals surface area (Å²) in [7, 11) is 1.41. The molecule has 150 valence electrons. The predicted molar refractivity (Wildman–Crippen MR) is 104 cm³/mol. The number of hydrogen-bond acceptors (Lipinski definition) is 4. The highest BCUT2D eigenvalue weighted by atomic mass is 19.1. The maximum Gasteiger partial charge on any atom is 0.305 e. The van der Waals surface area contributed by atoms with E-state index in [4.69, 9.17) is 4.74 Å². The Morgan fingerprint density at radius 2 is 1.97 bits per heavy atom. The van der Waals surface area contributed by atoms with E-state index in [0.717, 1.165) is 5.56 Å². The molecular formula is C21H20FN3O4. The van der Waals surface area contributed by atoms with Crippen LogP contribution in [0.2, 0.25) is 0 Å². The molecular weight excluding hydrogens is 377 g/mol. The zero-order chi connectivity index (χ0) is 21.0. The maximum atomic E-state index is 13.6. The van der Waals surface area contributed by atoms with Gasteiger partial charge in [0.1, 0.15) is 5.82 Å².